The van der Waals surface area contributed by atoms with Crippen LogP contribution in [0.3, 0.4) is 0 Å². The smallest absolute Gasteiger partial charge is 0.223 e. The monoisotopic (exact) mass is 210 g/mol. The Morgan fingerprint density at radius 2 is 2.13 bits per heavy atom. The van der Waals surface area contributed by atoms with Crippen molar-refractivity contribution in [1.29, 1.82) is 0 Å². The van der Waals surface area contributed by atoms with Gasteiger partial charge in [-0.3, -0.25) is 4.79 Å². The van der Waals surface area contributed by atoms with Crippen molar-refractivity contribution in [3.8, 4) is 0 Å². The van der Waals surface area contributed by atoms with E-state index in [2.05, 4.69) is 17.6 Å². The molecule has 1 unspecified atom stereocenters. The van der Waals surface area contributed by atoms with Crippen LogP contribution in [0, 0.1) is 5.92 Å². The van der Waals surface area contributed by atoms with Gasteiger partial charge in [-0.1, -0.05) is 12.8 Å². The predicted molar refractivity (Wildman–Crippen MR) is 60.6 cm³/mol. The van der Waals surface area contributed by atoms with Crippen molar-refractivity contribution in [2.24, 2.45) is 5.92 Å². The molecule has 0 aromatic carbocycles. The van der Waals surface area contributed by atoms with E-state index in [1.807, 2.05) is 0 Å². The van der Waals surface area contributed by atoms with Crippen LogP contribution in [0.1, 0.15) is 45.4 Å². The van der Waals surface area contributed by atoms with Gasteiger partial charge in [0.2, 0.25) is 5.91 Å². The zero-order valence-corrected chi connectivity index (χ0v) is 9.64. The predicted octanol–water partition coefficient (Wildman–Crippen LogP) is 1.43. The Hall–Kier alpha value is -0.570. The molecule has 1 aliphatic heterocycles. The van der Waals surface area contributed by atoms with Crippen LogP contribution in [0.5, 0.6) is 0 Å². The van der Waals surface area contributed by atoms with Crippen molar-refractivity contribution in [2.75, 3.05) is 13.1 Å². The summed E-state index contributed by atoms with van der Waals surface area (Å²) in [5.41, 5.74) is 0.147. The second kappa shape index (κ2) is 4.52. The molecule has 1 saturated heterocycles. The topological polar surface area (TPSA) is 41.1 Å². The molecule has 2 N–H and O–H groups in total. The molecule has 1 heterocycles. The Labute approximate surface area is 92.0 Å². The molecule has 1 atom stereocenters. The molecule has 1 aliphatic carbocycles. The first-order valence-corrected chi connectivity index (χ1v) is 6.22. The van der Waals surface area contributed by atoms with Crippen LogP contribution in [0.15, 0.2) is 0 Å². The van der Waals surface area contributed by atoms with Gasteiger partial charge in [0.15, 0.2) is 0 Å². The average molecular weight is 210 g/mol. The lowest BCUT2D eigenvalue weighted by molar-refractivity contribution is -0.125. The van der Waals surface area contributed by atoms with Gasteiger partial charge in [0.1, 0.15) is 0 Å². The molecule has 0 aromatic rings. The molecule has 1 amide bonds. The molecular formula is C12H22N2O. The van der Waals surface area contributed by atoms with Gasteiger partial charge in [0, 0.05) is 18.0 Å². The lowest BCUT2D eigenvalue weighted by Gasteiger charge is -2.25. The van der Waals surface area contributed by atoms with Crippen LogP contribution in [0.25, 0.3) is 0 Å². The average Bonchev–Trinajstić information content (AvgIpc) is 2.85. The van der Waals surface area contributed by atoms with Crippen LogP contribution < -0.4 is 10.6 Å². The third-order valence-corrected chi connectivity index (χ3v) is 3.84. The second-order valence-corrected chi connectivity index (χ2v) is 5.29. The first-order chi connectivity index (χ1) is 7.20. The van der Waals surface area contributed by atoms with Gasteiger partial charge in [0.25, 0.3) is 0 Å². The van der Waals surface area contributed by atoms with Gasteiger partial charge >= 0.3 is 0 Å². The molecule has 0 radical (unpaired) electrons. The minimum absolute atomic E-state index is 0.147. The van der Waals surface area contributed by atoms with Gasteiger partial charge in [-0.05, 0) is 39.2 Å². The SMILES string of the molecule is CC1(CNC(=O)C2CCCC2)CCCN1. The fourth-order valence-corrected chi connectivity index (χ4v) is 2.72. The van der Waals surface area contributed by atoms with Gasteiger partial charge in [-0.25, -0.2) is 0 Å². The van der Waals surface area contributed by atoms with Crippen molar-refractivity contribution in [3.05, 3.63) is 0 Å². The summed E-state index contributed by atoms with van der Waals surface area (Å²) in [6.45, 7) is 4.09. The van der Waals surface area contributed by atoms with Crippen LogP contribution in [-0.4, -0.2) is 24.5 Å². The minimum Gasteiger partial charge on any atom is -0.354 e. The largest absolute Gasteiger partial charge is 0.354 e. The number of amides is 1. The van der Waals surface area contributed by atoms with Crippen LogP contribution >= 0.6 is 0 Å². The summed E-state index contributed by atoms with van der Waals surface area (Å²) in [4.78, 5) is 11.8. The molecule has 2 aliphatic rings. The summed E-state index contributed by atoms with van der Waals surface area (Å²) in [6.07, 6.45) is 7.06. The molecule has 1 saturated carbocycles. The van der Waals surface area contributed by atoms with E-state index in [1.165, 1.54) is 25.7 Å². The molecule has 86 valence electrons. The highest BCUT2D eigenvalue weighted by Gasteiger charge is 2.30. The molecule has 0 bridgehead atoms. The molecule has 2 rings (SSSR count). The summed E-state index contributed by atoms with van der Waals surface area (Å²) >= 11 is 0. The van der Waals surface area contributed by atoms with Gasteiger partial charge < -0.3 is 10.6 Å². The number of nitrogens with one attached hydrogen (secondary N) is 2. The maximum absolute atomic E-state index is 11.8. The van der Waals surface area contributed by atoms with E-state index in [0.717, 1.165) is 25.9 Å². The zero-order valence-electron chi connectivity index (χ0n) is 9.64. The molecule has 2 fully saturated rings. The maximum atomic E-state index is 11.8. The van der Waals surface area contributed by atoms with E-state index in [4.69, 9.17) is 0 Å². The quantitative estimate of drug-likeness (QED) is 0.740. The first kappa shape index (κ1) is 10.9. The first-order valence-electron chi connectivity index (χ1n) is 6.22. The number of hydrogen-bond donors (Lipinski definition) is 2. The minimum atomic E-state index is 0.147. The number of rotatable bonds is 3. The van der Waals surface area contributed by atoms with Crippen LogP contribution in [-0.2, 0) is 4.79 Å². The Morgan fingerprint density at radius 3 is 2.73 bits per heavy atom. The highest BCUT2D eigenvalue weighted by atomic mass is 16.1. The van der Waals surface area contributed by atoms with E-state index in [-0.39, 0.29) is 11.4 Å². The van der Waals surface area contributed by atoms with Crippen molar-refractivity contribution in [3.63, 3.8) is 0 Å². The molecule has 15 heavy (non-hydrogen) atoms. The Kier molecular flexibility index (Phi) is 3.29. The number of hydrogen-bond acceptors (Lipinski definition) is 2. The Balaban J connectivity index is 1.74. The summed E-state index contributed by atoms with van der Waals surface area (Å²) < 4.78 is 0. The third kappa shape index (κ3) is 2.71. The Morgan fingerprint density at radius 1 is 1.40 bits per heavy atom. The van der Waals surface area contributed by atoms with Crippen molar-refractivity contribution in [2.45, 2.75) is 51.0 Å². The van der Waals surface area contributed by atoms with Crippen molar-refractivity contribution < 1.29 is 4.79 Å². The molecule has 0 spiro atoms. The number of carbonyl (C=O) groups excluding carboxylic acids is 1. The van der Waals surface area contributed by atoms with Crippen LogP contribution in [0.2, 0.25) is 0 Å². The van der Waals surface area contributed by atoms with E-state index in [1.54, 1.807) is 0 Å². The summed E-state index contributed by atoms with van der Waals surface area (Å²) in [7, 11) is 0. The normalized spacial score (nSPS) is 32.1. The molecular weight excluding hydrogens is 188 g/mol. The number of carbonyl (C=O) groups is 1. The van der Waals surface area contributed by atoms with E-state index < -0.39 is 0 Å². The lowest BCUT2D eigenvalue weighted by atomic mass is 9.99. The standard InChI is InChI=1S/C12H22N2O/c1-12(7-4-8-14-12)9-13-11(15)10-5-2-3-6-10/h10,14H,2-9H2,1H3,(H,13,15). The van der Waals surface area contributed by atoms with E-state index in [9.17, 15) is 4.79 Å². The maximum Gasteiger partial charge on any atom is 0.223 e. The van der Waals surface area contributed by atoms with Gasteiger partial charge in [-0.2, -0.15) is 0 Å². The Bertz CT molecular complexity index is 228. The molecule has 0 aromatic heterocycles. The highest BCUT2D eigenvalue weighted by Crippen LogP contribution is 2.25. The van der Waals surface area contributed by atoms with E-state index >= 15 is 0 Å². The third-order valence-electron chi connectivity index (χ3n) is 3.84. The summed E-state index contributed by atoms with van der Waals surface area (Å²) in [5.74, 6) is 0.581. The fourth-order valence-electron chi connectivity index (χ4n) is 2.72. The molecule has 3 nitrogen and oxygen atoms in total. The molecule has 3 heteroatoms. The summed E-state index contributed by atoms with van der Waals surface area (Å²) in [6, 6.07) is 0. The fraction of sp³-hybridized carbons (Fsp3) is 0.917. The zero-order chi connectivity index (χ0) is 10.7. The van der Waals surface area contributed by atoms with E-state index in [0.29, 0.717) is 5.92 Å². The van der Waals surface area contributed by atoms with Gasteiger partial charge in [-0.15, -0.1) is 0 Å². The van der Waals surface area contributed by atoms with Gasteiger partial charge in [0.05, 0.1) is 0 Å². The highest BCUT2D eigenvalue weighted by molar-refractivity contribution is 5.78. The van der Waals surface area contributed by atoms with Crippen LogP contribution in [0.4, 0.5) is 0 Å². The van der Waals surface area contributed by atoms with Crippen molar-refractivity contribution >= 4 is 5.91 Å². The second-order valence-electron chi connectivity index (χ2n) is 5.29. The van der Waals surface area contributed by atoms with Crippen molar-refractivity contribution in [1.82, 2.24) is 10.6 Å². The lowest BCUT2D eigenvalue weighted by Crippen LogP contribution is -2.48. The summed E-state index contributed by atoms with van der Waals surface area (Å²) in [5, 5.41) is 6.57.